The number of nitrogens with one attached hydrogen (secondary N) is 1. The Bertz CT molecular complexity index is 815. The molecule has 2 amide bonds. The summed E-state index contributed by atoms with van der Waals surface area (Å²) in [5.74, 6) is 0.231. The number of hydrogen-bond acceptors (Lipinski definition) is 4. The van der Waals surface area contributed by atoms with Gasteiger partial charge in [0, 0.05) is 18.8 Å². The third-order valence-corrected chi connectivity index (χ3v) is 4.35. The van der Waals surface area contributed by atoms with Gasteiger partial charge in [0.25, 0.3) is 5.91 Å². The number of aromatic nitrogens is 2. The lowest BCUT2D eigenvalue weighted by atomic mass is 10.2. The van der Waals surface area contributed by atoms with E-state index in [-0.39, 0.29) is 18.4 Å². The van der Waals surface area contributed by atoms with E-state index < -0.39 is 6.10 Å². The van der Waals surface area contributed by atoms with Gasteiger partial charge in [0.2, 0.25) is 5.91 Å². The summed E-state index contributed by atoms with van der Waals surface area (Å²) in [4.78, 5) is 26.2. The van der Waals surface area contributed by atoms with E-state index in [2.05, 4.69) is 10.4 Å². The zero-order valence-corrected chi connectivity index (χ0v) is 15.4. The second kappa shape index (κ2) is 7.59. The number of fused-ring (bicyclic) bond motifs is 1. The molecule has 0 saturated carbocycles. The Balaban J connectivity index is 1.53. The summed E-state index contributed by atoms with van der Waals surface area (Å²) in [5.41, 5.74) is 2.73. The average molecular weight is 356 g/mol. The van der Waals surface area contributed by atoms with Gasteiger partial charge in [0.1, 0.15) is 12.3 Å². The van der Waals surface area contributed by atoms with Gasteiger partial charge in [-0.25, -0.2) is 0 Å². The van der Waals surface area contributed by atoms with Gasteiger partial charge in [-0.15, -0.1) is 0 Å². The first kappa shape index (κ1) is 18.0. The van der Waals surface area contributed by atoms with Crippen molar-refractivity contribution >= 4 is 17.5 Å². The second-order valence-electron chi connectivity index (χ2n) is 6.51. The van der Waals surface area contributed by atoms with Crippen LogP contribution >= 0.6 is 0 Å². The fraction of sp³-hybridized carbons (Fsp3) is 0.421. The van der Waals surface area contributed by atoms with Crippen molar-refractivity contribution in [2.24, 2.45) is 0 Å². The molecule has 2 heterocycles. The molecule has 1 aromatic heterocycles. The zero-order chi connectivity index (χ0) is 18.7. The fourth-order valence-corrected chi connectivity index (χ4v) is 3.08. The molecule has 26 heavy (non-hydrogen) atoms. The molecule has 2 aromatic rings. The van der Waals surface area contributed by atoms with E-state index in [0.717, 1.165) is 24.4 Å². The van der Waals surface area contributed by atoms with Crippen LogP contribution in [0.5, 0.6) is 5.75 Å². The van der Waals surface area contributed by atoms with E-state index in [0.29, 0.717) is 18.0 Å². The van der Waals surface area contributed by atoms with Gasteiger partial charge >= 0.3 is 0 Å². The summed E-state index contributed by atoms with van der Waals surface area (Å²) in [6.45, 7) is 6.94. The Morgan fingerprint density at radius 2 is 2.08 bits per heavy atom. The van der Waals surface area contributed by atoms with Crippen LogP contribution in [0.3, 0.4) is 0 Å². The summed E-state index contributed by atoms with van der Waals surface area (Å²) < 4.78 is 7.52. The molecular formula is C19H24N4O3. The number of ether oxygens (including phenoxy) is 1. The van der Waals surface area contributed by atoms with Crippen LogP contribution < -0.4 is 15.0 Å². The molecule has 0 radical (unpaired) electrons. The van der Waals surface area contributed by atoms with Crippen LogP contribution in [-0.2, 0) is 16.1 Å². The summed E-state index contributed by atoms with van der Waals surface area (Å²) in [6, 6.07) is 9.29. The molecule has 3 rings (SSSR count). The van der Waals surface area contributed by atoms with Gasteiger partial charge in [-0.3, -0.25) is 19.2 Å². The van der Waals surface area contributed by atoms with Crippen LogP contribution in [0.1, 0.15) is 24.7 Å². The molecule has 7 nitrogen and oxygen atoms in total. The summed E-state index contributed by atoms with van der Waals surface area (Å²) >= 11 is 0. The third-order valence-electron chi connectivity index (χ3n) is 4.35. The van der Waals surface area contributed by atoms with Gasteiger partial charge in [-0.2, -0.15) is 5.10 Å². The Morgan fingerprint density at radius 3 is 2.81 bits per heavy atom. The third kappa shape index (κ3) is 3.87. The highest BCUT2D eigenvalue weighted by Gasteiger charge is 2.32. The largest absolute Gasteiger partial charge is 0.479 e. The van der Waals surface area contributed by atoms with Crippen molar-refractivity contribution in [3.63, 3.8) is 0 Å². The summed E-state index contributed by atoms with van der Waals surface area (Å²) in [6.07, 6.45) is 0.182. The van der Waals surface area contributed by atoms with E-state index in [9.17, 15) is 9.59 Å². The van der Waals surface area contributed by atoms with E-state index in [1.165, 1.54) is 4.90 Å². The number of aryl methyl sites for hydroxylation is 3. The number of amides is 2. The fourth-order valence-electron chi connectivity index (χ4n) is 3.08. The highest BCUT2D eigenvalue weighted by Crippen LogP contribution is 2.33. The number of nitrogens with zero attached hydrogens (tertiary/aromatic N) is 3. The monoisotopic (exact) mass is 356 g/mol. The second-order valence-corrected chi connectivity index (χ2v) is 6.51. The molecule has 0 aliphatic carbocycles. The highest BCUT2D eigenvalue weighted by atomic mass is 16.5. The topological polar surface area (TPSA) is 76.5 Å². The predicted octanol–water partition coefficient (Wildman–Crippen LogP) is 1.82. The van der Waals surface area contributed by atoms with Gasteiger partial charge in [-0.05, 0) is 45.4 Å². The molecular weight excluding hydrogens is 332 g/mol. The van der Waals surface area contributed by atoms with Gasteiger partial charge in [0.15, 0.2) is 6.10 Å². The maximum absolute atomic E-state index is 12.4. The Morgan fingerprint density at radius 1 is 1.31 bits per heavy atom. The number of carbonyl (C=O) groups excluding carboxylic acids is 2. The van der Waals surface area contributed by atoms with Gasteiger partial charge < -0.3 is 10.1 Å². The molecule has 0 spiro atoms. The normalized spacial score (nSPS) is 16.2. The van der Waals surface area contributed by atoms with Gasteiger partial charge in [0.05, 0.1) is 11.4 Å². The lowest BCUT2D eigenvalue weighted by molar-refractivity contribution is -0.128. The number of anilines is 1. The van der Waals surface area contributed by atoms with Crippen LogP contribution in [0, 0.1) is 13.8 Å². The molecule has 0 bridgehead atoms. The average Bonchev–Trinajstić information content (AvgIpc) is 2.93. The standard InChI is InChI=1S/C19H24N4O3/c1-13-11-14(2)23(21-13)10-6-9-20-18(24)12-22-16-7-4-5-8-17(16)26-15(3)19(22)25/h4-5,7-8,11,15H,6,9-10,12H2,1-3H3,(H,20,24)/t15-/m0/s1. The van der Waals surface area contributed by atoms with Crippen molar-refractivity contribution in [1.29, 1.82) is 0 Å². The molecule has 1 aliphatic rings. The highest BCUT2D eigenvalue weighted by molar-refractivity contribution is 6.03. The van der Waals surface area contributed by atoms with Crippen LogP contribution in [0.4, 0.5) is 5.69 Å². The molecule has 1 aliphatic heterocycles. The van der Waals surface area contributed by atoms with Crippen molar-refractivity contribution in [2.45, 2.75) is 39.8 Å². The number of hydrogen-bond donors (Lipinski definition) is 1. The molecule has 138 valence electrons. The Labute approximate surface area is 152 Å². The first-order valence-corrected chi connectivity index (χ1v) is 8.80. The summed E-state index contributed by atoms with van der Waals surface area (Å²) in [7, 11) is 0. The quantitative estimate of drug-likeness (QED) is 0.801. The van der Waals surface area contributed by atoms with Crippen molar-refractivity contribution in [3.05, 3.63) is 41.7 Å². The molecule has 1 aromatic carbocycles. The zero-order valence-electron chi connectivity index (χ0n) is 15.4. The lowest BCUT2D eigenvalue weighted by Crippen LogP contribution is -2.48. The molecule has 0 saturated heterocycles. The number of carbonyl (C=O) groups is 2. The van der Waals surface area contributed by atoms with Crippen molar-refractivity contribution in [2.75, 3.05) is 18.0 Å². The van der Waals surface area contributed by atoms with Crippen LogP contribution in [0.25, 0.3) is 0 Å². The number of benzene rings is 1. The molecule has 1 N–H and O–H groups in total. The molecule has 0 unspecified atom stereocenters. The van der Waals surface area contributed by atoms with Crippen LogP contribution in [-0.4, -0.2) is 40.8 Å². The minimum absolute atomic E-state index is 0.0105. The number of rotatable bonds is 6. The van der Waals surface area contributed by atoms with Gasteiger partial charge in [-0.1, -0.05) is 12.1 Å². The van der Waals surface area contributed by atoms with E-state index in [4.69, 9.17) is 4.74 Å². The maximum atomic E-state index is 12.4. The van der Waals surface area contributed by atoms with Crippen LogP contribution in [0.2, 0.25) is 0 Å². The van der Waals surface area contributed by atoms with E-state index in [1.807, 2.05) is 36.7 Å². The minimum atomic E-state index is -0.594. The minimum Gasteiger partial charge on any atom is -0.479 e. The first-order valence-electron chi connectivity index (χ1n) is 8.80. The SMILES string of the molecule is Cc1cc(C)n(CCCNC(=O)CN2C(=O)[C@H](C)Oc3ccccc32)n1. The molecule has 7 heteroatoms. The van der Waals surface area contributed by atoms with Crippen LogP contribution in [0.15, 0.2) is 30.3 Å². The Hall–Kier alpha value is -2.83. The molecule has 1 atom stereocenters. The number of para-hydroxylation sites is 2. The van der Waals surface area contributed by atoms with E-state index in [1.54, 1.807) is 19.1 Å². The van der Waals surface area contributed by atoms with Crippen molar-refractivity contribution in [3.8, 4) is 5.75 Å². The molecule has 0 fully saturated rings. The van der Waals surface area contributed by atoms with Crippen molar-refractivity contribution in [1.82, 2.24) is 15.1 Å². The first-order chi connectivity index (χ1) is 12.5. The maximum Gasteiger partial charge on any atom is 0.268 e. The predicted molar refractivity (Wildman–Crippen MR) is 98.2 cm³/mol. The van der Waals surface area contributed by atoms with Crippen molar-refractivity contribution < 1.29 is 14.3 Å². The summed E-state index contributed by atoms with van der Waals surface area (Å²) in [5, 5.41) is 7.28. The lowest BCUT2D eigenvalue weighted by Gasteiger charge is -2.32. The van der Waals surface area contributed by atoms with E-state index >= 15 is 0 Å². The Kier molecular flexibility index (Phi) is 5.25. The smallest absolute Gasteiger partial charge is 0.268 e.